The molecule has 0 aromatic carbocycles. The highest BCUT2D eigenvalue weighted by Crippen LogP contribution is 2.25. The Labute approximate surface area is 555 Å². The van der Waals surface area contributed by atoms with E-state index >= 15 is 14.4 Å². The molecule has 1 aliphatic rings. The molecule has 1 heterocycles. The van der Waals surface area contributed by atoms with Crippen LogP contribution < -0.4 is 21.3 Å². The van der Waals surface area contributed by atoms with Crippen LogP contribution in [0.15, 0.2) is 0 Å². The van der Waals surface area contributed by atoms with E-state index in [2.05, 4.69) is 21.3 Å². The van der Waals surface area contributed by atoms with Crippen molar-refractivity contribution in [2.24, 2.45) is 47.3 Å². The Balaban J connectivity index is 4.48. The van der Waals surface area contributed by atoms with Crippen LogP contribution in [0.3, 0.4) is 0 Å². The number of nitrogens with zero attached hydrogens (tertiary/aromatic N) is 7. The van der Waals surface area contributed by atoms with E-state index in [4.69, 9.17) is 4.74 Å². The number of amides is 11. The second-order valence-corrected chi connectivity index (χ2v) is 29.1. The number of ether oxygens (including phenoxy) is 1. The Morgan fingerprint density at radius 3 is 1.28 bits per heavy atom. The lowest BCUT2D eigenvalue weighted by Crippen LogP contribution is -2.64. The molecule has 0 unspecified atom stereocenters. The van der Waals surface area contributed by atoms with E-state index < -0.39 is 162 Å². The Morgan fingerprint density at radius 2 is 0.892 bits per heavy atom. The molecule has 0 aromatic heterocycles. The van der Waals surface area contributed by atoms with Crippen molar-refractivity contribution in [2.45, 2.75) is 256 Å². The molecule has 534 valence electrons. The summed E-state index contributed by atoms with van der Waals surface area (Å²) in [5, 5.41) is 34.6. The quantitative estimate of drug-likeness (QED) is 0.101. The van der Waals surface area contributed by atoms with Crippen molar-refractivity contribution in [3.63, 3.8) is 0 Å². The lowest BCUT2D eigenvalue weighted by Gasteiger charge is -2.40. The normalized spacial score (nSPS) is 25.8. The first-order valence-electron chi connectivity index (χ1n) is 33.4. The second kappa shape index (κ2) is 38.2. The summed E-state index contributed by atoms with van der Waals surface area (Å²) in [7, 11) is 8.03. The summed E-state index contributed by atoms with van der Waals surface area (Å²) in [6.45, 7) is 33.7. The molecule has 0 spiro atoms. The van der Waals surface area contributed by atoms with Gasteiger partial charge in [0.1, 0.15) is 54.4 Å². The zero-order valence-electron chi connectivity index (χ0n) is 61.1. The lowest BCUT2D eigenvalue weighted by molar-refractivity contribution is -0.166. The molecule has 1 fully saturated rings. The first-order chi connectivity index (χ1) is 42.7. The van der Waals surface area contributed by atoms with Gasteiger partial charge in [-0.25, -0.2) is 4.79 Å². The Bertz CT molecular complexity index is 2540. The minimum atomic E-state index is -1.83. The van der Waals surface area contributed by atoms with Gasteiger partial charge in [0.2, 0.25) is 59.1 Å². The zero-order valence-corrected chi connectivity index (χ0v) is 61.1. The molecule has 1 rings (SSSR count). The van der Waals surface area contributed by atoms with Crippen LogP contribution in [0.25, 0.3) is 0 Å². The number of carbonyl (C=O) groups excluding carboxylic acids is 12. The summed E-state index contributed by atoms with van der Waals surface area (Å²) in [5.74, 6) is -12.3. The van der Waals surface area contributed by atoms with Gasteiger partial charge in [-0.1, -0.05) is 104 Å². The fourth-order valence-electron chi connectivity index (χ4n) is 11.6. The highest BCUT2D eigenvalue weighted by atomic mass is 16.6. The maximum Gasteiger partial charge on any atom is 0.329 e. The molecule has 26 heteroatoms. The summed E-state index contributed by atoms with van der Waals surface area (Å²) in [4.78, 5) is 183. The lowest BCUT2D eigenvalue weighted by atomic mass is 9.91. The van der Waals surface area contributed by atoms with Crippen LogP contribution in [-0.2, 0) is 62.3 Å². The second-order valence-electron chi connectivity index (χ2n) is 29.1. The number of hydrogen-bond donors (Lipinski definition) is 6. The topological polar surface area (TPSA) is 325 Å². The Hall–Kier alpha value is -6.44. The molecule has 26 nitrogen and oxygen atoms in total. The number of aliphatic hydroxyl groups excluding tert-OH is 2. The molecule has 0 radical (unpaired) electrons. The van der Waals surface area contributed by atoms with Crippen molar-refractivity contribution in [3.05, 3.63) is 0 Å². The van der Waals surface area contributed by atoms with Crippen LogP contribution in [0, 0.1) is 47.3 Å². The average molecular weight is 1320 g/mol. The number of carbonyl (C=O) groups is 12. The number of hydrogen-bond acceptors (Lipinski definition) is 15. The highest BCUT2D eigenvalue weighted by Gasteiger charge is 2.46. The monoisotopic (exact) mass is 1320 g/mol. The molecule has 0 aromatic rings. The van der Waals surface area contributed by atoms with Gasteiger partial charge in [-0.05, 0) is 114 Å². The molecule has 93 heavy (non-hydrogen) atoms. The number of cyclic esters (lactones) is 1. The van der Waals surface area contributed by atoms with E-state index in [-0.39, 0.29) is 86.6 Å². The minimum absolute atomic E-state index is 0.0553. The van der Waals surface area contributed by atoms with Crippen LogP contribution in [0.4, 0.5) is 0 Å². The summed E-state index contributed by atoms with van der Waals surface area (Å²) >= 11 is 0. The largest absolute Gasteiger partial charge is 0.450 e. The van der Waals surface area contributed by atoms with Gasteiger partial charge < -0.3 is 70.5 Å². The van der Waals surface area contributed by atoms with Crippen molar-refractivity contribution < 1.29 is 72.5 Å². The number of aliphatic hydroxyl groups is 2. The van der Waals surface area contributed by atoms with Gasteiger partial charge >= 0.3 is 5.97 Å². The number of rotatable bonds is 19. The fraction of sp³-hybridized carbons (Fsp3) is 0.821. The van der Waals surface area contributed by atoms with Gasteiger partial charge in [-0.3, -0.25) is 52.7 Å². The predicted octanol–water partition coefficient (Wildman–Crippen LogP) is 3.03. The summed E-state index contributed by atoms with van der Waals surface area (Å²) in [5.41, 5.74) is 0. The molecule has 13 atom stereocenters. The molecule has 1 aliphatic heterocycles. The molecular formula is C67H121N11O15. The van der Waals surface area contributed by atoms with Crippen LogP contribution in [0.1, 0.15) is 177 Å². The first kappa shape index (κ1) is 84.6. The van der Waals surface area contributed by atoms with Crippen molar-refractivity contribution in [1.29, 1.82) is 0 Å². The highest BCUT2D eigenvalue weighted by molar-refractivity contribution is 5.99. The molecule has 1 saturated heterocycles. The summed E-state index contributed by atoms with van der Waals surface area (Å²) in [6, 6.07) is -12.8. The Morgan fingerprint density at radius 1 is 0.495 bits per heavy atom. The fourth-order valence-corrected chi connectivity index (χ4v) is 11.6. The van der Waals surface area contributed by atoms with Crippen LogP contribution in [0.5, 0.6) is 0 Å². The van der Waals surface area contributed by atoms with Crippen molar-refractivity contribution in [2.75, 3.05) is 55.4 Å². The van der Waals surface area contributed by atoms with E-state index in [1.165, 1.54) is 68.0 Å². The van der Waals surface area contributed by atoms with Gasteiger partial charge in [0, 0.05) is 61.8 Å². The van der Waals surface area contributed by atoms with Gasteiger partial charge in [0.25, 0.3) is 5.91 Å². The molecule has 6 N–H and O–H groups in total. The zero-order chi connectivity index (χ0) is 72.3. The Kier molecular flexibility index (Phi) is 34.7. The predicted molar refractivity (Wildman–Crippen MR) is 355 cm³/mol. The number of esters is 1. The van der Waals surface area contributed by atoms with Crippen LogP contribution in [-0.4, -0.2) is 250 Å². The van der Waals surface area contributed by atoms with E-state index in [9.17, 15) is 53.4 Å². The maximum atomic E-state index is 15.3. The third kappa shape index (κ3) is 25.0. The third-order valence-corrected chi connectivity index (χ3v) is 17.2. The van der Waals surface area contributed by atoms with E-state index in [1.54, 1.807) is 39.5 Å². The molecular weight excluding hydrogens is 1200 g/mol. The first-order valence-corrected chi connectivity index (χ1v) is 33.4. The van der Waals surface area contributed by atoms with Crippen LogP contribution >= 0.6 is 0 Å². The van der Waals surface area contributed by atoms with Crippen molar-refractivity contribution >= 4 is 70.9 Å². The number of likely N-dealkylation sites (N-methyl/N-ethyl adjacent to an activating group) is 6. The summed E-state index contributed by atoms with van der Waals surface area (Å²) in [6.07, 6.45) is -4.27. The van der Waals surface area contributed by atoms with Gasteiger partial charge in [-0.15, -0.1) is 0 Å². The SMILES string of the molecule is CC(=O)N(CC[C@@H](C)[C@@H](O)[C@H]1C(=O)N[C@@H]([C@@H](C)O)C(=O)N(C)CC(=O)N(C)[C@@H](CC(C)C)C(=O)N[C@@H](CC(C)C)C(=O)N(C)[C@@H](CC(C)C)C(=O)N[C@@H](C)C(=O)O[C@H](C(C)C)C(=O)N(C)[C@@H](CC(C)C)C(=O)N[C@H](CC(C)C)C(=O)N(C)[C@@H](C(C)C)C(=O)N1C)C(C)C. The van der Waals surface area contributed by atoms with Crippen molar-refractivity contribution in [1.82, 2.24) is 55.6 Å². The summed E-state index contributed by atoms with van der Waals surface area (Å²) < 4.78 is 5.90. The molecule has 0 bridgehead atoms. The number of nitrogens with one attached hydrogen (secondary N) is 4. The molecule has 0 aliphatic carbocycles. The standard InChI is InChI=1S/C67H121N11O15/c1-35(2)29-47-62(87)74(23)50(32-38(7)8)58(83)68-44(18)67(92)93-57(41(13)14)66(91)75(24)51(33-39(9)10)60(85)70-48(30-36(3)4)63(88)76(25)54(40(11)12)65(90)77(26)55(56(82)43(17)27-28-78(42(15)16)46(20)80)61(86)71-53(45(19)79)64(89)72(21)34-52(81)73(22)49(31-37(5)6)59(84)69-47/h35-45,47-51,53-57,79,82H,27-34H2,1-26H3,(H,68,83)(H,69,84)(H,70,85)(H,71,86)/t43-,44+,45-,47+,48-,49+,50+,51+,53+,54+,55+,56-,57-/m1/s1. The van der Waals surface area contributed by atoms with E-state index in [1.807, 2.05) is 83.1 Å². The third-order valence-electron chi connectivity index (χ3n) is 17.2. The van der Waals surface area contributed by atoms with Crippen LogP contribution in [0.2, 0.25) is 0 Å². The average Bonchev–Trinajstić information content (AvgIpc) is 0.845. The van der Waals surface area contributed by atoms with Crippen molar-refractivity contribution in [3.8, 4) is 0 Å². The smallest absolute Gasteiger partial charge is 0.329 e. The molecule has 11 amide bonds. The molecule has 0 saturated carbocycles. The van der Waals surface area contributed by atoms with Gasteiger partial charge in [0.15, 0.2) is 6.10 Å². The van der Waals surface area contributed by atoms with Gasteiger partial charge in [-0.2, -0.15) is 0 Å². The van der Waals surface area contributed by atoms with E-state index in [0.717, 1.165) is 24.5 Å². The maximum absolute atomic E-state index is 15.3. The van der Waals surface area contributed by atoms with Gasteiger partial charge in [0.05, 0.1) is 18.8 Å². The minimum Gasteiger partial charge on any atom is -0.450 e. The van der Waals surface area contributed by atoms with E-state index in [0.29, 0.717) is 0 Å².